The maximum Gasteiger partial charge on any atom is 0.287 e. The predicted octanol–water partition coefficient (Wildman–Crippen LogP) is 3.67. The Morgan fingerprint density at radius 1 is 1.21 bits per heavy atom. The van der Waals surface area contributed by atoms with Crippen molar-refractivity contribution in [1.29, 1.82) is 0 Å². The number of rotatable bonds is 8. The van der Waals surface area contributed by atoms with Crippen molar-refractivity contribution >= 4 is 11.8 Å². The number of piperidine rings is 1. The van der Waals surface area contributed by atoms with Crippen molar-refractivity contribution in [3.05, 3.63) is 54.0 Å². The van der Waals surface area contributed by atoms with Gasteiger partial charge in [0.05, 0.1) is 12.9 Å². The van der Waals surface area contributed by atoms with Crippen LogP contribution in [0, 0.1) is 5.92 Å². The number of hydrogen-bond donors (Lipinski definition) is 1. The monoisotopic (exact) mass is 398 g/mol. The van der Waals surface area contributed by atoms with E-state index in [0.717, 1.165) is 44.5 Å². The van der Waals surface area contributed by atoms with Gasteiger partial charge in [-0.1, -0.05) is 12.1 Å². The average molecular weight is 399 g/mol. The van der Waals surface area contributed by atoms with Crippen LogP contribution in [-0.4, -0.2) is 42.5 Å². The van der Waals surface area contributed by atoms with Crippen LogP contribution in [-0.2, 0) is 11.2 Å². The number of carbonyl (C=O) groups is 2. The van der Waals surface area contributed by atoms with Gasteiger partial charge in [0.1, 0.15) is 11.8 Å². The molecule has 1 aromatic carbocycles. The number of amides is 2. The number of nitrogens with zero attached hydrogens (tertiary/aromatic N) is 1. The van der Waals surface area contributed by atoms with Gasteiger partial charge in [-0.25, -0.2) is 0 Å². The number of hydrogen-bond acceptors (Lipinski definition) is 4. The molecule has 3 rings (SSSR count). The smallest absolute Gasteiger partial charge is 0.287 e. The first-order valence-electron chi connectivity index (χ1n) is 10.4. The van der Waals surface area contributed by atoms with Crippen molar-refractivity contribution in [2.75, 3.05) is 19.7 Å². The highest BCUT2D eigenvalue weighted by molar-refractivity contribution is 5.95. The highest BCUT2D eigenvalue weighted by Gasteiger charge is 2.27. The van der Waals surface area contributed by atoms with Crippen LogP contribution in [0.4, 0.5) is 0 Å². The van der Waals surface area contributed by atoms with E-state index in [0.29, 0.717) is 12.5 Å². The van der Waals surface area contributed by atoms with E-state index in [1.807, 2.05) is 24.0 Å². The zero-order chi connectivity index (χ0) is 20.6. The van der Waals surface area contributed by atoms with Crippen LogP contribution in [0.5, 0.6) is 5.75 Å². The molecule has 1 aliphatic heterocycles. The minimum atomic E-state index is -0.562. The number of ether oxygens (including phenoxy) is 1. The fourth-order valence-corrected chi connectivity index (χ4v) is 3.74. The van der Waals surface area contributed by atoms with Crippen LogP contribution >= 0.6 is 0 Å². The van der Waals surface area contributed by atoms with Gasteiger partial charge in [-0.2, -0.15) is 0 Å². The summed E-state index contributed by atoms with van der Waals surface area (Å²) in [6.45, 7) is 5.88. The van der Waals surface area contributed by atoms with Gasteiger partial charge in [-0.05, 0) is 75.3 Å². The summed E-state index contributed by atoms with van der Waals surface area (Å²) >= 11 is 0. The van der Waals surface area contributed by atoms with Crippen molar-refractivity contribution in [3.8, 4) is 5.75 Å². The quantitative estimate of drug-likeness (QED) is 0.736. The lowest BCUT2D eigenvalue weighted by molar-refractivity contribution is -0.134. The Balaban J connectivity index is 1.40. The maximum absolute atomic E-state index is 12.6. The van der Waals surface area contributed by atoms with E-state index >= 15 is 0 Å². The van der Waals surface area contributed by atoms with Crippen LogP contribution in [0.3, 0.4) is 0 Å². The molecule has 0 unspecified atom stereocenters. The molecule has 1 N–H and O–H groups in total. The Hall–Kier alpha value is -2.76. The first-order valence-corrected chi connectivity index (χ1v) is 10.4. The van der Waals surface area contributed by atoms with Crippen molar-refractivity contribution < 1.29 is 18.7 Å². The molecule has 0 radical (unpaired) electrons. The molecule has 156 valence electrons. The number of furan rings is 1. The molecule has 0 aliphatic carbocycles. The average Bonchev–Trinajstić information content (AvgIpc) is 3.28. The molecule has 1 aliphatic rings. The minimum absolute atomic E-state index is 0.0325. The van der Waals surface area contributed by atoms with Gasteiger partial charge < -0.3 is 19.4 Å². The summed E-state index contributed by atoms with van der Waals surface area (Å²) in [5.41, 5.74) is 1.32. The number of nitrogens with one attached hydrogen (secondary N) is 1. The fraction of sp³-hybridized carbons (Fsp3) is 0.478. The van der Waals surface area contributed by atoms with Crippen LogP contribution in [0.2, 0.25) is 0 Å². The standard InChI is InChI=1S/C23H30N2O4/c1-3-28-20-10-8-18(9-11-20)6-7-19-12-14-25(15-13-19)23(27)17(2)24-22(26)21-5-4-16-29-21/h4-5,8-11,16-17,19H,3,6-7,12-15H2,1-2H3,(H,24,26)/t17-/m0/s1. The summed E-state index contributed by atoms with van der Waals surface area (Å²) in [6, 6.07) is 11.0. The molecular formula is C23H30N2O4. The first kappa shape index (κ1) is 21.0. The molecule has 6 heteroatoms. The third kappa shape index (κ3) is 5.86. The molecule has 0 spiro atoms. The molecule has 2 heterocycles. The molecule has 2 amide bonds. The number of likely N-dealkylation sites (tertiary alicyclic amines) is 1. The highest BCUT2D eigenvalue weighted by atomic mass is 16.5. The lowest BCUT2D eigenvalue weighted by atomic mass is 9.90. The minimum Gasteiger partial charge on any atom is -0.494 e. The van der Waals surface area contributed by atoms with E-state index in [2.05, 4.69) is 17.4 Å². The second-order valence-electron chi connectivity index (χ2n) is 7.56. The maximum atomic E-state index is 12.6. The summed E-state index contributed by atoms with van der Waals surface area (Å²) in [6.07, 6.45) is 5.62. The normalized spacial score (nSPS) is 15.7. The van der Waals surface area contributed by atoms with Crippen LogP contribution < -0.4 is 10.1 Å². The Labute approximate surface area is 172 Å². The van der Waals surface area contributed by atoms with E-state index in [-0.39, 0.29) is 17.6 Å². The summed E-state index contributed by atoms with van der Waals surface area (Å²) in [5.74, 6) is 1.36. The van der Waals surface area contributed by atoms with Gasteiger partial charge in [0.15, 0.2) is 5.76 Å². The molecule has 1 atom stereocenters. The van der Waals surface area contributed by atoms with Crippen LogP contribution in [0.1, 0.15) is 49.2 Å². The van der Waals surface area contributed by atoms with Crippen molar-refractivity contribution in [2.24, 2.45) is 5.92 Å². The van der Waals surface area contributed by atoms with Gasteiger partial charge in [-0.3, -0.25) is 9.59 Å². The zero-order valence-corrected chi connectivity index (χ0v) is 17.2. The third-order valence-corrected chi connectivity index (χ3v) is 5.46. The Bertz CT molecular complexity index is 778. The molecule has 6 nitrogen and oxygen atoms in total. The highest BCUT2D eigenvalue weighted by Crippen LogP contribution is 2.23. The van der Waals surface area contributed by atoms with Crippen LogP contribution in [0.15, 0.2) is 47.1 Å². The van der Waals surface area contributed by atoms with Gasteiger partial charge in [0.25, 0.3) is 5.91 Å². The molecule has 1 saturated heterocycles. The number of aryl methyl sites for hydroxylation is 1. The summed E-state index contributed by atoms with van der Waals surface area (Å²) in [5, 5.41) is 2.72. The summed E-state index contributed by atoms with van der Waals surface area (Å²) in [7, 11) is 0. The Kier molecular flexibility index (Phi) is 7.33. The van der Waals surface area contributed by atoms with E-state index in [1.54, 1.807) is 19.1 Å². The molecule has 1 fully saturated rings. The van der Waals surface area contributed by atoms with E-state index in [1.165, 1.54) is 11.8 Å². The fourth-order valence-electron chi connectivity index (χ4n) is 3.74. The number of benzene rings is 1. The predicted molar refractivity (Wildman–Crippen MR) is 111 cm³/mol. The van der Waals surface area contributed by atoms with E-state index in [9.17, 15) is 9.59 Å². The third-order valence-electron chi connectivity index (χ3n) is 5.46. The second-order valence-corrected chi connectivity index (χ2v) is 7.56. The molecular weight excluding hydrogens is 368 g/mol. The lowest BCUT2D eigenvalue weighted by Gasteiger charge is -2.33. The molecule has 29 heavy (non-hydrogen) atoms. The second kappa shape index (κ2) is 10.1. The van der Waals surface area contributed by atoms with Gasteiger partial charge in [-0.15, -0.1) is 0 Å². The van der Waals surface area contributed by atoms with Gasteiger partial charge >= 0.3 is 0 Å². The van der Waals surface area contributed by atoms with E-state index < -0.39 is 6.04 Å². The molecule has 0 bridgehead atoms. The lowest BCUT2D eigenvalue weighted by Crippen LogP contribution is -2.49. The van der Waals surface area contributed by atoms with Crippen molar-refractivity contribution in [2.45, 2.75) is 45.6 Å². The van der Waals surface area contributed by atoms with E-state index in [4.69, 9.17) is 9.15 Å². The topological polar surface area (TPSA) is 71.8 Å². The molecule has 1 aromatic heterocycles. The summed E-state index contributed by atoms with van der Waals surface area (Å²) < 4.78 is 10.6. The van der Waals surface area contributed by atoms with Gasteiger partial charge in [0, 0.05) is 13.1 Å². The Morgan fingerprint density at radius 3 is 2.55 bits per heavy atom. The largest absolute Gasteiger partial charge is 0.494 e. The zero-order valence-electron chi connectivity index (χ0n) is 17.2. The molecule has 2 aromatic rings. The van der Waals surface area contributed by atoms with Crippen molar-refractivity contribution in [1.82, 2.24) is 10.2 Å². The Morgan fingerprint density at radius 2 is 1.93 bits per heavy atom. The van der Waals surface area contributed by atoms with Crippen molar-refractivity contribution in [3.63, 3.8) is 0 Å². The molecule has 0 saturated carbocycles. The first-order chi connectivity index (χ1) is 14.1. The summed E-state index contributed by atoms with van der Waals surface area (Å²) in [4.78, 5) is 26.6. The number of carbonyl (C=O) groups excluding carboxylic acids is 2. The van der Waals surface area contributed by atoms with Crippen LogP contribution in [0.25, 0.3) is 0 Å². The van der Waals surface area contributed by atoms with Gasteiger partial charge in [0.2, 0.25) is 5.91 Å². The SMILES string of the molecule is CCOc1ccc(CCC2CCN(C(=O)[C@H](C)NC(=O)c3ccco3)CC2)cc1.